The van der Waals surface area contributed by atoms with Gasteiger partial charge in [-0.3, -0.25) is 0 Å². The molecule has 2 rings (SSSR count). The van der Waals surface area contributed by atoms with Gasteiger partial charge in [0.15, 0.2) is 0 Å². The molecular weight excluding hydrogens is 158 g/mol. The summed E-state index contributed by atoms with van der Waals surface area (Å²) in [7, 11) is 0. The van der Waals surface area contributed by atoms with Gasteiger partial charge in [0.25, 0.3) is 0 Å². The number of benzene rings is 1. The molecule has 1 aromatic heterocycles. The quantitative estimate of drug-likeness (QED) is 0.571. The third-order valence-corrected chi connectivity index (χ3v) is 1.66. The third-order valence-electron chi connectivity index (χ3n) is 1.66. The van der Waals surface area contributed by atoms with Gasteiger partial charge < -0.3 is 4.57 Å². The number of nitrogens with zero attached hydrogens (tertiary/aromatic N) is 1. The molecule has 0 aliphatic carbocycles. The Morgan fingerprint density at radius 3 is 1.92 bits per heavy atom. The highest BCUT2D eigenvalue weighted by atomic mass is 24.3. The van der Waals surface area contributed by atoms with E-state index in [1.165, 1.54) is 5.69 Å². The molecule has 0 unspecified atom stereocenters. The van der Waals surface area contributed by atoms with E-state index in [-0.39, 0.29) is 23.1 Å². The van der Waals surface area contributed by atoms with Crippen molar-refractivity contribution in [2.45, 2.75) is 0 Å². The first-order valence-corrected chi connectivity index (χ1v) is 3.65. The Kier molecular flexibility index (Phi) is 3.38. The lowest BCUT2D eigenvalue weighted by Gasteiger charge is -1.99. The van der Waals surface area contributed by atoms with Crippen molar-refractivity contribution in [3.63, 3.8) is 0 Å². The van der Waals surface area contributed by atoms with E-state index in [0.717, 1.165) is 0 Å². The van der Waals surface area contributed by atoms with Gasteiger partial charge >= 0.3 is 23.1 Å². The van der Waals surface area contributed by atoms with Gasteiger partial charge in [0.05, 0.1) is 0 Å². The van der Waals surface area contributed by atoms with E-state index in [9.17, 15) is 0 Å². The van der Waals surface area contributed by atoms with Crippen molar-refractivity contribution in [2.24, 2.45) is 0 Å². The second-order valence-corrected chi connectivity index (χ2v) is 2.43. The molecule has 0 spiro atoms. The monoisotopic (exact) mass is 169 g/mol. The van der Waals surface area contributed by atoms with Crippen LogP contribution in [0.25, 0.3) is 5.69 Å². The first kappa shape index (κ1) is 9.35. The van der Waals surface area contributed by atoms with Crippen LogP contribution in [0.2, 0.25) is 0 Å². The maximum atomic E-state index is 2.08. The van der Waals surface area contributed by atoms with Crippen LogP contribution in [0.3, 0.4) is 0 Å². The molecule has 0 aliphatic rings. The molecule has 1 aromatic carbocycles. The summed E-state index contributed by atoms with van der Waals surface area (Å²) < 4.78 is 2.08. The normalized spacial score (nSPS) is 9.00. The van der Waals surface area contributed by atoms with E-state index >= 15 is 0 Å². The van der Waals surface area contributed by atoms with Gasteiger partial charge in [0, 0.05) is 18.1 Å². The molecular formula is C10H11MgN. The van der Waals surface area contributed by atoms with Crippen LogP contribution in [-0.2, 0) is 0 Å². The number of aromatic nitrogens is 1. The molecule has 0 fully saturated rings. The van der Waals surface area contributed by atoms with Crippen LogP contribution in [-0.4, -0.2) is 27.6 Å². The molecule has 0 bridgehead atoms. The predicted octanol–water partition coefficient (Wildman–Crippen LogP) is 1.56. The second-order valence-electron chi connectivity index (χ2n) is 2.43. The fourth-order valence-electron chi connectivity index (χ4n) is 1.11. The average molecular weight is 170 g/mol. The molecule has 12 heavy (non-hydrogen) atoms. The largest absolute Gasteiger partial charge is 0.324 e. The van der Waals surface area contributed by atoms with E-state index in [4.69, 9.17) is 0 Å². The Balaban J connectivity index is 0.000000720. The summed E-state index contributed by atoms with van der Waals surface area (Å²) in [6.45, 7) is 0. The Morgan fingerprint density at radius 1 is 0.750 bits per heavy atom. The first-order chi connectivity index (χ1) is 5.47. The van der Waals surface area contributed by atoms with E-state index in [0.29, 0.717) is 0 Å². The Labute approximate surface area is 88.2 Å². The number of hydrogen-bond donors (Lipinski definition) is 0. The predicted molar refractivity (Wildman–Crippen MR) is 54.3 cm³/mol. The minimum atomic E-state index is 0. The number of hydrogen-bond acceptors (Lipinski definition) is 0. The second kappa shape index (κ2) is 4.33. The van der Waals surface area contributed by atoms with Crippen molar-refractivity contribution in [3.05, 3.63) is 54.9 Å². The summed E-state index contributed by atoms with van der Waals surface area (Å²) >= 11 is 0. The SMILES string of the molecule is [MgH2].c1ccc(-n2cccc2)cc1. The van der Waals surface area contributed by atoms with Gasteiger partial charge in [-0.15, -0.1) is 0 Å². The highest BCUT2D eigenvalue weighted by Gasteiger charge is 1.88. The molecule has 0 radical (unpaired) electrons. The molecule has 0 saturated heterocycles. The van der Waals surface area contributed by atoms with Gasteiger partial charge in [-0.2, -0.15) is 0 Å². The smallest absolute Gasteiger partial charge is 0.316 e. The fourth-order valence-corrected chi connectivity index (χ4v) is 1.11. The van der Waals surface area contributed by atoms with Crippen molar-refractivity contribution in [2.75, 3.05) is 0 Å². The minimum absolute atomic E-state index is 0. The molecule has 2 heteroatoms. The van der Waals surface area contributed by atoms with Crippen LogP contribution in [0.5, 0.6) is 0 Å². The molecule has 0 N–H and O–H groups in total. The van der Waals surface area contributed by atoms with Crippen molar-refractivity contribution in [1.29, 1.82) is 0 Å². The van der Waals surface area contributed by atoms with Crippen molar-refractivity contribution in [3.8, 4) is 5.69 Å². The zero-order valence-corrected chi connectivity index (χ0v) is 6.14. The Bertz CT molecular complexity index is 313. The van der Waals surface area contributed by atoms with E-state index < -0.39 is 0 Å². The lowest BCUT2D eigenvalue weighted by molar-refractivity contribution is 1.08. The van der Waals surface area contributed by atoms with Gasteiger partial charge in [0.2, 0.25) is 0 Å². The standard InChI is InChI=1S/C10H9N.Mg.2H/c1-2-6-10(7-3-1)11-8-4-5-9-11;;;/h1-9H;;;. The van der Waals surface area contributed by atoms with E-state index in [2.05, 4.69) is 16.7 Å². The van der Waals surface area contributed by atoms with Crippen LogP contribution in [0, 0.1) is 0 Å². The summed E-state index contributed by atoms with van der Waals surface area (Å²) in [6, 6.07) is 14.3. The highest BCUT2D eigenvalue weighted by Crippen LogP contribution is 2.05. The fraction of sp³-hybridized carbons (Fsp3) is 0. The van der Waals surface area contributed by atoms with E-state index in [1.807, 2.05) is 42.7 Å². The van der Waals surface area contributed by atoms with Crippen LogP contribution in [0.1, 0.15) is 0 Å². The molecule has 58 valence electrons. The van der Waals surface area contributed by atoms with Gasteiger partial charge in [-0.05, 0) is 24.3 Å². The van der Waals surface area contributed by atoms with Crippen molar-refractivity contribution < 1.29 is 0 Å². The third kappa shape index (κ3) is 1.90. The zero-order valence-electron chi connectivity index (χ0n) is 6.14. The van der Waals surface area contributed by atoms with Gasteiger partial charge in [-0.1, -0.05) is 18.2 Å². The lowest BCUT2D eigenvalue weighted by atomic mass is 10.3. The molecule has 0 atom stereocenters. The van der Waals surface area contributed by atoms with Crippen LogP contribution < -0.4 is 0 Å². The first-order valence-electron chi connectivity index (χ1n) is 3.65. The van der Waals surface area contributed by atoms with E-state index in [1.54, 1.807) is 0 Å². The Morgan fingerprint density at radius 2 is 1.33 bits per heavy atom. The lowest BCUT2D eigenvalue weighted by Crippen LogP contribution is -1.86. The Hall–Kier alpha value is -0.734. The van der Waals surface area contributed by atoms with Crippen molar-refractivity contribution >= 4 is 23.1 Å². The highest BCUT2D eigenvalue weighted by molar-refractivity contribution is 5.75. The molecule has 0 aliphatic heterocycles. The van der Waals surface area contributed by atoms with Crippen LogP contribution in [0.15, 0.2) is 54.9 Å². The summed E-state index contributed by atoms with van der Waals surface area (Å²) in [5.74, 6) is 0. The van der Waals surface area contributed by atoms with Gasteiger partial charge in [-0.25, -0.2) is 0 Å². The summed E-state index contributed by atoms with van der Waals surface area (Å²) in [5.41, 5.74) is 1.21. The molecule has 1 nitrogen and oxygen atoms in total. The molecule has 2 aromatic rings. The topological polar surface area (TPSA) is 4.93 Å². The minimum Gasteiger partial charge on any atom is -0.324 e. The molecule has 0 saturated carbocycles. The van der Waals surface area contributed by atoms with Crippen molar-refractivity contribution in [1.82, 2.24) is 4.57 Å². The maximum absolute atomic E-state index is 2.08. The molecule has 1 heterocycles. The van der Waals surface area contributed by atoms with Crippen LogP contribution in [0.4, 0.5) is 0 Å². The summed E-state index contributed by atoms with van der Waals surface area (Å²) in [6.07, 6.45) is 4.07. The molecule has 0 amide bonds. The zero-order chi connectivity index (χ0) is 7.52. The maximum Gasteiger partial charge on any atom is 0.316 e. The number of rotatable bonds is 1. The van der Waals surface area contributed by atoms with Gasteiger partial charge in [0.1, 0.15) is 0 Å². The summed E-state index contributed by atoms with van der Waals surface area (Å²) in [4.78, 5) is 0. The average Bonchev–Trinajstić information content (AvgIpc) is 2.58. The number of para-hydroxylation sites is 1. The van der Waals surface area contributed by atoms with Crippen LogP contribution >= 0.6 is 0 Å². The summed E-state index contributed by atoms with van der Waals surface area (Å²) in [5, 5.41) is 0.